The summed E-state index contributed by atoms with van der Waals surface area (Å²) in [4.78, 5) is 5.54. The minimum atomic E-state index is -3.98. The minimum absolute atomic E-state index is 0.0498. The molecule has 2 aromatic heterocycles. The van der Waals surface area contributed by atoms with E-state index in [4.69, 9.17) is 42.2 Å². The Morgan fingerprint density at radius 2 is 0.828 bits per heavy atom. The van der Waals surface area contributed by atoms with Crippen molar-refractivity contribution in [2.45, 2.75) is 0 Å². The monoisotopic (exact) mass is 821 g/mol. The van der Waals surface area contributed by atoms with E-state index in [1.165, 1.54) is 0 Å². The quantitative estimate of drug-likeness (QED) is 0.166. The van der Waals surface area contributed by atoms with E-state index < -0.39 is 23.2 Å². The molecule has 2 spiro atoms. The van der Waals surface area contributed by atoms with Crippen molar-refractivity contribution in [3.05, 3.63) is 175 Å². The van der Waals surface area contributed by atoms with Crippen LogP contribution >= 0.6 is 23.2 Å². The van der Waals surface area contributed by atoms with Crippen LogP contribution in [-0.2, 0) is 0 Å². The standard InChI is InChI=1S/C42H30N7O6P3/c50-37-19-7-1-17-33(37)35-25-27-48(43-35)56(49-28-26-36(44-49)34-18-2-8-20-38(34)51)45-57(52-39-21-9-3-13-29(39)30-14-4-10-22-40(30)53-57)47-58(46-56)54-41-23-11-5-15-31(41)32-16-6-12-24-42(32)55-58/h1-28H,(H,43,50)(H,44,51). The number of phenols is 2. The molecule has 16 heteroatoms. The van der Waals surface area contributed by atoms with Crippen molar-refractivity contribution in [1.82, 2.24) is 19.1 Å². The highest BCUT2D eigenvalue weighted by molar-refractivity contribution is 7.91. The van der Waals surface area contributed by atoms with Gasteiger partial charge in [0.05, 0.1) is 11.4 Å². The Balaban J connectivity index is 1.24. The summed E-state index contributed by atoms with van der Waals surface area (Å²) in [7, 11) is -11.8. The average molecular weight is 822 g/mol. The molecule has 284 valence electrons. The summed E-state index contributed by atoms with van der Waals surface area (Å²) >= 11 is 0. The van der Waals surface area contributed by atoms with Crippen LogP contribution in [0.5, 0.6) is 34.5 Å². The number of aromatic hydroxyl groups is 2. The Bertz CT molecular complexity index is 2870. The first-order valence-electron chi connectivity index (χ1n) is 18.2. The molecule has 3 aliphatic heterocycles. The molecular weight excluding hydrogens is 791 g/mol. The zero-order chi connectivity index (χ0) is 38.9. The first-order chi connectivity index (χ1) is 28.4. The van der Waals surface area contributed by atoms with Crippen LogP contribution in [0.4, 0.5) is 0 Å². The molecule has 0 unspecified atom stereocenters. The van der Waals surface area contributed by atoms with E-state index in [-0.39, 0.29) is 11.5 Å². The largest absolute Gasteiger partial charge is 0.626 e. The number of fused-ring (bicyclic) bond motifs is 6. The van der Waals surface area contributed by atoms with Gasteiger partial charge in [0, 0.05) is 50.3 Å². The van der Waals surface area contributed by atoms with Crippen molar-refractivity contribution in [2.24, 2.45) is 9.03 Å². The van der Waals surface area contributed by atoms with Crippen LogP contribution < -0.4 is 18.1 Å². The molecular formula is C42H30N7O6P3. The van der Waals surface area contributed by atoms with Crippen LogP contribution in [0.2, 0.25) is 0 Å². The van der Waals surface area contributed by atoms with Crippen molar-refractivity contribution >= 4 is 23.2 Å². The second-order valence-corrected chi connectivity index (χ2v) is 20.1. The van der Waals surface area contributed by atoms with Gasteiger partial charge in [-0.2, -0.15) is 10.2 Å². The summed E-state index contributed by atoms with van der Waals surface area (Å²) in [6, 6.07) is 48.0. The summed E-state index contributed by atoms with van der Waals surface area (Å²) in [6.07, 6.45) is 3.48. The Kier molecular flexibility index (Phi) is 7.90. The number of para-hydroxylation sites is 6. The maximum Gasteiger partial charge on any atom is 0.626 e. The minimum Gasteiger partial charge on any atom is -0.507 e. The van der Waals surface area contributed by atoms with E-state index in [0.717, 1.165) is 22.3 Å². The number of aromatic nitrogens is 4. The highest BCUT2D eigenvalue weighted by Gasteiger charge is 2.58. The van der Waals surface area contributed by atoms with E-state index in [2.05, 4.69) is 0 Å². The lowest BCUT2D eigenvalue weighted by atomic mass is 10.0. The molecule has 5 heterocycles. The van der Waals surface area contributed by atoms with E-state index in [0.29, 0.717) is 45.5 Å². The summed E-state index contributed by atoms with van der Waals surface area (Å²) in [5.74, 6) is 2.07. The molecule has 6 aromatic carbocycles. The molecule has 11 rings (SSSR count). The first-order valence-corrected chi connectivity index (χ1v) is 22.8. The Morgan fingerprint density at radius 1 is 0.448 bits per heavy atom. The number of hydrogen-bond acceptors (Lipinski definition) is 10. The predicted molar refractivity (Wildman–Crippen MR) is 225 cm³/mol. The average Bonchev–Trinajstić information content (AvgIpc) is 3.89. The molecule has 0 saturated heterocycles. The van der Waals surface area contributed by atoms with E-state index >= 15 is 0 Å². The van der Waals surface area contributed by atoms with Crippen molar-refractivity contribution in [2.75, 3.05) is 0 Å². The summed E-state index contributed by atoms with van der Waals surface area (Å²) in [5, 5.41) is 32.0. The van der Waals surface area contributed by atoms with Crippen LogP contribution in [0.25, 0.3) is 49.6 Å². The number of hydrogen-bond donors (Lipinski definition) is 2. The zero-order valence-electron chi connectivity index (χ0n) is 30.2. The fourth-order valence-corrected chi connectivity index (χ4v) is 17.4. The second kappa shape index (κ2) is 13.2. The lowest BCUT2D eigenvalue weighted by Gasteiger charge is -2.44. The molecule has 0 fully saturated rings. The van der Waals surface area contributed by atoms with Crippen molar-refractivity contribution in [3.8, 4) is 79.3 Å². The molecule has 0 amide bonds. The molecule has 2 N–H and O–H groups in total. The summed E-state index contributed by atoms with van der Waals surface area (Å²) in [5.41, 5.74) is 5.07. The number of benzene rings is 6. The summed E-state index contributed by atoms with van der Waals surface area (Å²) < 4.78 is 42.4. The molecule has 3 aliphatic rings. The van der Waals surface area contributed by atoms with E-state index in [1.54, 1.807) is 69.8 Å². The molecule has 0 atom stereocenters. The molecule has 58 heavy (non-hydrogen) atoms. The van der Waals surface area contributed by atoms with Gasteiger partial charge in [-0.1, -0.05) is 97.1 Å². The van der Waals surface area contributed by atoms with Crippen LogP contribution in [0.15, 0.2) is 179 Å². The molecule has 0 aliphatic carbocycles. The highest BCUT2D eigenvalue weighted by atomic mass is 31.3. The van der Waals surface area contributed by atoms with Crippen molar-refractivity contribution in [3.63, 3.8) is 0 Å². The van der Waals surface area contributed by atoms with Gasteiger partial charge in [-0.3, -0.25) is 9.05 Å². The molecule has 0 saturated carbocycles. The normalized spacial score (nSPS) is 16.2. The lowest BCUT2D eigenvalue weighted by molar-refractivity contribution is 0.462. The van der Waals surface area contributed by atoms with Crippen LogP contribution in [-0.4, -0.2) is 29.3 Å². The van der Waals surface area contributed by atoms with Crippen molar-refractivity contribution in [1.29, 1.82) is 0 Å². The number of rotatable bonds is 4. The smallest absolute Gasteiger partial charge is 0.507 e. The fourth-order valence-electron chi connectivity index (χ4n) is 7.12. The molecule has 13 nitrogen and oxygen atoms in total. The van der Waals surface area contributed by atoms with E-state index in [1.807, 2.05) is 109 Å². The Hall–Kier alpha value is -6.61. The van der Waals surface area contributed by atoms with Crippen LogP contribution in [0, 0.1) is 0 Å². The van der Waals surface area contributed by atoms with Gasteiger partial charge in [-0.25, -0.2) is 8.90 Å². The van der Waals surface area contributed by atoms with Gasteiger partial charge < -0.3 is 24.1 Å². The maximum absolute atomic E-state index is 10.9. The Labute approximate surface area is 332 Å². The van der Waals surface area contributed by atoms with Crippen LogP contribution in [0.1, 0.15) is 0 Å². The maximum atomic E-state index is 10.9. The zero-order valence-corrected chi connectivity index (χ0v) is 32.8. The highest BCUT2D eigenvalue weighted by Crippen LogP contribution is 2.88. The van der Waals surface area contributed by atoms with Gasteiger partial charge in [0.1, 0.15) is 23.0 Å². The van der Waals surface area contributed by atoms with Gasteiger partial charge in [-0.05, 0) is 65.2 Å². The third kappa shape index (κ3) is 5.62. The van der Waals surface area contributed by atoms with Gasteiger partial charge >= 0.3 is 8.02 Å². The third-order valence-electron chi connectivity index (χ3n) is 9.75. The predicted octanol–water partition coefficient (Wildman–Crippen LogP) is 12.5. The number of phenolic OH excluding ortho intramolecular Hbond substituents is 2. The second-order valence-electron chi connectivity index (χ2n) is 13.4. The fraction of sp³-hybridized carbons (Fsp3) is 0. The molecule has 0 radical (unpaired) electrons. The van der Waals surface area contributed by atoms with E-state index in [9.17, 15) is 10.2 Å². The van der Waals surface area contributed by atoms with Gasteiger partial charge in [0.15, 0.2) is 19.0 Å². The SMILES string of the molecule is Oc1ccccc1-c1ccn(P2(n3ccc(-c4ccccc4O)n3)=N[P+]3(N=P4([N-]2)Oc2ccccc2-c2ccccc2O4)Oc2ccccc2-c2ccccc2O3)n1. The topological polar surface area (TPSA) is 152 Å². The summed E-state index contributed by atoms with van der Waals surface area (Å²) in [6.45, 7) is 0. The van der Waals surface area contributed by atoms with Crippen LogP contribution in [0.3, 0.4) is 0 Å². The van der Waals surface area contributed by atoms with Gasteiger partial charge in [0.25, 0.3) is 7.66 Å². The van der Waals surface area contributed by atoms with Gasteiger partial charge in [-0.15, -0.1) is 0 Å². The third-order valence-corrected chi connectivity index (χ3v) is 18.6. The Morgan fingerprint density at radius 3 is 1.28 bits per heavy atom. The van der Waals surface area contributed by atoms with Gasteiger partial charge in [0.2, 0.25) is 0 Å². The molecule has 8 aromatic rings. The number of nitrogens with zero attached hydrogens (tertiary/aromatic N) is 7. The lowest BCUT2D eigenvalue weighted by Crippen LogP contribution is -2.16. The molecule has 0 bridgehead atoms. The van der Waals surface area contributed by atoms with Crippen molar-refractivity contribution < 1.29 is 28.3 Å². The first kappa shape index (κ1) is 34.6.